The van der Waals surface area contributed by atoms with Crippen LogP contribution in [0.4, 0.5) is 4.79 Å². The van der Waals surface area contributed by atoms with Gasteiger partial charge in [-0.3, -0.25) is 19.3 Å². The minimum Gasteiger partial charge on any atom is -0.486 e. The molecule has 1 N–H and O–H groups in total. The number of carbonyl (C=O) groups excluding carboxylic acids is 3. The highest BCUT2D eigenvalue weighted by molar-refractivity contribution is 8.18. The molecule has 2 aromatic rings. The lowest BCUT2D eigenvalue weighted by Gasteiger charge is -2.18. The molecule has 0 unspecified atom stereocenters. The van der Waals surface area contributed by atoms with Crippen LogP contribution in [-0.4, -0.2) is 54.0 Å². The zero-order valence-electron chi connectivity index (χ0n) is 15.8. The molecule has 2 aliphatic rings. The summed E-state index contributed by atoms with van der Waals surface area (Å²) in [5, 5.41) is 4.35. The second-order valence-corrected chi connectivity index (χ2v) is 9.31. The van der Waals surface area contributed by atoms with Crippen LogP contribution >= 0.6 is 34.9 Å². The molecular formula is C20H18N2O5S3. The molecule has 0 spiro atoms. The normalized spacial score (nSPS) is 16.9. The summed E-state index contributed by atoms with van der Waals surface area (Å²) in [6.07, 6.45) is 1.72. The van der Waals surface area contributed by atoms with E-state index in [0.717, 1.165) is 21.5 Å². The second kappa shape index (κ2) is 9.59. The quantitative estimate of drug-likeness (QED) is 0.498. The van der Waals surface area contributed by atoms with Gasteiger partial charge in [0.25, 0.3) is 11.1 Å². The second-order valence-electron chi connectivity index (χ2n) is 6.29. The molecule has 0 radical (unpaired) electrons. The number of hydrogen-bond donors (Lipinski definition) is 1. The van der Waals surface area contributed by atoms with E-state index in [4.69, 9.17) is 9.47 Å². The highest BCUT2D eigenvalue weighted by Crippen LogP contribution is 2.34. The maximum Gasteiger partial charge on any atom is 0.293 e. The smallest absolute Gasteiger partial charge is 0.293 e. The average Bonchev–Trinajstić information content (AvgIpc) is 3.36. The number of benzene rings is 1. The van der Waals surface area contributed by atoms with Crippen molar-refractivity contribution in [3.05, 3.63) is 45.5 Å². The summed E-state index contributed by atoms with van der Waals surface area (Å²) in [5.41, 5.74) is 0. The van der Waals surface area contributed by atoms with Gasteiger partial charge in [-0.25, -0.2) is 0 Å². The molecule has 2 aliphatic heterocycles. The summed E-state index contributed by atoms with van der Waals surface area (Å²) in [6, 6.07) is 9.34. The van der Waals surface area contributed by atoms with Crippen LogP contribution in [0.3, 0.4) is 0 Å². The van der Waals surface area contributed by atoms with E-state index in [9.17, 15) is 14.4 Å². The van der Waals surface area contributed by atoms with Crippen LogP contribution in [0.25, 0.3) is 6.08 Å². The summed E-state index contributed by atoms with van der Waals surface area (Å²) in [7, 11) is 0. The number of amides is 3. The maximum absolute atomic E-state index is 12.4. The predicted octanol–water partition coefficient (Wildman–Crippen LogP) is 3.46. The lowest BCUT2D eigenvalue weighted by Crippen LogP contribution is -2.37. The van der Waals surface area contributed by atoms with Crippen LogP contribution in [0.5, 0.6) is 11.5 Å². The first-order valence-corrected chi connectivity index (χ1v) is 11.9. The van der Waals surface area contributed by atoms with E-state index < -0.39 is 0 Å². The van der Waals surface area contributed by atoms with Gasteiger partial charge in [0, 0.05) is 22.9 Å². The fourth-order valence-electron chi connectivity index (χ4n) is 2.82. The molecule has 3 amide bonds. The zero-order chi connectivity index (χ0) is 20.9. The van der Waals surface area contributed by atoms with Crippen LogP contribution in [0.15, 0.2) is 45.5 Å². The molecule has 4 rings (SSSR count). The van der Waals surface area contributed by atoms with E-state index in [2.05, 4.69) is 5.32 Å². The van der Waals surface area contributed by atoms with E-state index in [0.29, 0.717) is 29.6 Å². The van der Waals surface area contributed by atoms with Crippen molar-refractivity contribution in [1.29, 1.82) is 0 Å². The van der Waals surface area contributed by atoms with Gasteiger partial charge in [0.2, 0.25) is 5.91 Å². The molecule has 3 heterocycles. The zero-order valence-corrected chi connectivity index (χ0v) is 18.2. The molecular weight excluding hydrogens is 444 g/mol. The number of imide groups is 1. The van der Waals surface area contributed by atoms with Crippen molar-refractivity contribution in [2.45, 2.75) is 4.90 Å². The summed E-state index contributed by atoms with van der Waals surface area (Å²) < 4.78 is 11.0. The molecule has 0 bridgehead atoms. The van der Waals surface area contributed by atoms with Gasteiger partial charge in [-0.05, 0) is 47.5 Å². The minimum absolute atomic E-state index is 0.146. The van der Waals surface area contributed by atoms with Gasteiger partial charge in [0.15, 0.2) is 11.5 Å². The fraction of sp³-hybridized carbons (Fsp3) is 0.250. The first-order valence-electron chi connectivity index (χ1n) is 9.18. The van der Waals surface area contributed by atoms with Gasteiger partial charge < -0.3 is 14.8 Å². The largest absolute Gasteiger partial charge is 0.486 e. The third kappa shape index (κ3) is 5.00. The van der Waals surface area contributed by atoms with Crippen molar-refractivity contribution in [2.24, 2.45) is 0 Å². The number of nitrogens with one attached hydrogen (secondary N) is 1. The van der Waals surface area contributed by atoms with Crippen LogP contribution < -0.4 is 14.8 Å². The Morgan fingerprint density at radius 1 is 1.20 bits per heavy atom. The number of thiophene rings is 1. The fourth-order valence-corrected chi connectivity index (χ4v) is 5.16. The molecule has 30 heavy (non-hydrogen) atoms. The highest BCUT2D eigenvalue weighted by Gasteiger charge is 2.34. The third-order valence-electron chi connectivity index (χ3n) is 4.23. The lowest BCUT2D eigenvalue weighted by molar-refractivity contribution is -0.123. The summed E-state index contributed by atoms with van der Waals surface area (Å²) in [5.74, 6) is 1.12. The first kappa shape index (κ1) is 20.8. The number of ether oxygens (including phenoxy) is 2. The Hall–Kier alpha value is -2.43. The Balaban J connectivity index is 1.23. The van der Waals surface area contributed by atoms with Crippen molar-refractivity contribution in [3.63, 3.8) is 0 Å². The van der Waals surface area contributed by atoms with Crippen LogP contribution in [-0.2, 0) is 9.59 Å². The molecule has 0 atom stereocenters. The van der Waals surface area contributed by atoms with Crippen molar-refractivity contribution < 1.29 is 23.9 Å². The Kier molecular flexibility index (Phi) is 6.66. The van der Waals surface area contributed by atoms with E-state index >= 15 is 0 Å². The van der Waals surface area contributed by atoms with Crippen LogP contribution in [0.2, 0.25) is 0 Å². The molecule has 1 aromatic carbocycles. The topological polar surface area (TPSA) is 84.9 Å². The Bertz CT molecular complexity index is 990. The monoisotopic (exact) mass is 462 g/mol. The van der Waals surface area contributed by atoms with Gasteiger partial charge in [-0.1, -0.05) is 6.07 Å². The van der Waals surface area contributed by atoms with E-state index in [-0.39, 0.29) is 35.9 Å². The van der Waals surface area contributed by atoms with Gasteiger partial charge in [-0.15, -0.1) is 23.1 Å². The predicted molar refractivity (Wildman–Crippen MR) is 118 cm³/mol. The lowest BCUT2D eigenvalue weighted by atomic mass is 10.3. The number of hydrogen-bond acceptors (Lipinski definition) is 8. The number of nitrogens with zero attached hydrogens (tertiary/aromatic N) is 1. The minimum atomic E-state index is -0.321. The molecule has 0 saturated carbocycles. The van der Waals surface area contributed by atoms with Gasteiger partial charge >= 0.3 is 0 Å². The molecule has 1 saturated heterocycles. The molecule has 7 nitrogen and oxygen atoms in total. The number of carbonyl (C=O) groups is 3. The van der Waals surface area contributed by atoms with Crippen molar-refractivity contribution in [1.82, 2.24) is 10.2 Å². The number of fused-ring (bicyclic) bond motifs is 1. The van der Waals surface area contributed by atoms with Crippen LogP contribution in [0, 0.1) is 0 Å². The number of rotatable bonds is 7. The molecule has 10 heteroatoms. The van der Waals surface area contributed by atoms with Gasteiger partial charge in [0.05, 0.1) is 10.7 Å². The molecule has 1 aromatic heterocycles. The Labute approximate surface area is 185 Å². The molecule has 156 valence electrons. The Morgan fingerprint density at radius 3 is 2.83 bits per heavy atom. The van der Waals surface area contributed by atoms with Gasteiger partial charge in [-0.2, -0.15) is 0 Å². The first-order chi connectivity index (χ1) is 14.6. The SMILES string of the molecule is O=C(CSc1ccc2c(c1)OCCO2)NCCN1C(=O)SC(=Cc2cccs2)C1=O. The molecule has 1 fully saturated rings. The third-order valence-corrected chi connectivity index (χ3v) is 6.95. The van der Waals surface area contributed by atoms with Crippen LogP contribution in [0.1, 0.15) is 4.88 Å². The Morgan fingerprint density at radius 2 is 2.03 bits per heavy atom. The van der Waals surface area contributed by atoms with E-state index in [1.165, 1.54) is 28.0 Å². The maximum atomic E-state index is 12.4. The van der Waals surface area contributed by atoms with Crippen molar-refractivity contribution >= 4 is 58.0 Å². The summed E-state index contributed by atoms with van der Waals surface area (Å²) in [6.45, 7) is 1.41. The van der Waals surface area contributed by atoms with Crippen molar-refractivity contribution in [2.75, 3.05) is 32.1 Å². The number of thioether (sulfide) groups is 2. The standard InChI is InChI=1S/C20H18N2O5S3/c23-18(12-29-14-3-4-15-16(10-14)27-8-7-26-15)21-5-6-22-19(24)17(30-20(22)25)11-13-2-1-9-28-13/h1-4,9-11H,5-8,12H2,(H,21,23). The van der Waals surface area contributed by atoms with E-state index in [1.807, 2.05) is 35.7 Å². The van der Waals surface area contributed by atoms with Crippen molar-refractivity contribution in [3.8, 4) is 11.5 Å². The summed E-state index contributed by atoms with van der Waals surface area (Å²) >= 11 is 3.81. The molecule has 0 aliphatic carbocycles. The highest BCUT2D eigenvalue weighted by atomic mass is 32.2. The van der Waals surface area contributed by atoms with Gasteiger partial charge in [0.1, 0.15) is 13.2 Å². The van der Waals surface area contributed by atoms with E-state index in [1.54, 1.807) is 6.08 Å². The summed E-state index contributed by atoms with van der Waals surface area (Å²) in [4.78, 5) is 40.1. The average molecular weight is 463 g/mol.